The van der Waals surface area contributed by atoms with Gasteiger partial charge in [-0.25, -0.2) is 4.79 Å². The van der Waals surface area contributed by atoms with E-state index in [0.717, 1.165) is 0 Å². The van der Waals surface area contributed by atoms with Crippen LogP contribution in [0.25, 0.3) is 0 Å². The summed E-state index contributed by atoms with van der Waals surface area (Å²) in [7, 11) is 0. The highest BCUT2D eigenvalue weighted by molar-refractivity contribution is 5.01. The number of rotatable bonds is 2. The number of ether oxygens (including phenoxy) is 1. The second-order valence-electron chi connectivity index (χ2n) is 3.86. The number of terminal acetylenes is 1. The Morgan fingerprint density at radius 3 is 3.00 bits per heavy atom. The van der Waals surface area contributed by atoms with Crippen LogP contribution in [-0.2, 0) is 4.74 Å². The zero-order valence-electron chi connectivity index (χ0n) is 9.00. The molecule has 17 heavy (non-hydrogen) atoms. The molecule has 0 spiro atoms. The molecule has 0 saturated carbocycles. The van der Waals surface area contributed by atoms with Crippen molar-refractivity contribution in [3.05, 3.63) is 33.1 Å². The van der Waals surface area contributed by atoms with Gasteiger partial charge in [-0.15, -0.1) is 6.42 Å². The Hall–Kier alpha value is -1.84. The van der Waals surface area contributed by atoms with Crippen molar-refractivity contribution in [2.75, 3.05) is 6.61 Å². The van der Waals surface area contributed by atoms with Crippen LogP contribution in [0.2, 0.25) is 0 Å². The van der Waals surface area contributed by atoms with E-state index in [9.17, 15) is 9.59 Å². The molecule has 0 bridgehead atoms. The van der Waals surface area contributed by atoms with Crippen LogP contribution in [0.4, 0.5) is 0 Å². The number of aromatic amines is 1. The van der Waals surface area contributed by atoms with Crippen LogP contribution in [0, 0.1) is 18.3 Å². The number of nitrogens with one attached hydrogen (secondary N) is 1. The standard InChI is InChI=1S/C11H12N2O4/c1-2-7-5-8(6-14)17-10(7)13-4-3-9(15)12-11(13)16/h1,3-4,7-8,10,14H,5-6H2,(H,12,15,16)/t7-,8?,10?/m0/s1. The fourth-order valence-corrected chi connectivity index (χ4v) is 1.90. The predicted molar refractivity (Wildman–Crippen MR) is 59.3 cm³/mol. The van der Waals surface area contributed by atoms with Gasteiger partial charge in [0.15, 0.2) is 6.23 Å². The van der Waals surface area contributed by atoms with Gasteiger partial charge in [0, 0.05) is 12.3 Å². The number of nitrogens with zero attached hydrogens (tertiary/aromatic N) is 1. The van der Waals surface area contributed by atoms with E-state index in [4.69, 9.17) is 16.3 Å². The lowest BCUT2D eigenvalue weighted by atomic mass is 10.0. The van der Waals surface area contributed by atoms with Crippen LogP contribution < -0.4 is 11.2 Å². The Kier molecular flexibility index (Phi) is 3.13. The van der Waals surface area contributed by atoms with Crippen molar-refractivity contribution in [3.63, 3.8) is 0 Å². The van der Waals surface area contributed by atoms with Crippen LogP contribution in [-0.4, -0.2) is 27.4 Å². The molecule has 6 heteroatoms. The highest BCUT2D eigenvalue weighted by atomic mass is 16.5. The summed E-state index contributed by atoms with van der Waals surface area (Å²) in [6, 6.07) is 1.23. The first-order valence-corrected chi connectivity index (χ1v) is 5.19. The normalized spacial score (nSPS) is 27.9. The van der Waals surface area contributed by atoms with Crippen LogP contribution in [0.5, 0.6) is 0 Å². The number of aliphatic hydroxyl groups is 1. The van der Waals surface area contributed by atoms with Crippen molar-refractivity contribution in [1.29, 1.82) is 0 Å². The lowest BCUT2D eigenvalue weighted by Gasteiger charge is -2.16. The van der Waals surface area contributed by atoms with Gasteiger partial charge in [-0.2, -0.15) is 0 Å². The quantitative estimate of drug-likeness (QED) is 0.649. The first-order chi connectivity index (χ1) is 8.15. The lowest BCUT2D eigenvalue weighted by Crippen LogP contribution is -2.33. The van der Waals surface area contributed by atoms with Crippen molar-refractivity contribution in [3.8, 4) is 12.3 Å². The van der Waals surface area contributed by atoms with E-state index in [1.165, 1.54) is 16.8 Å². The average molecular weight is 236 g/mol. The van der Waals surface area contributed by atoms with Crippen LogP contribution >= 0.6 is 0 Å². The summed E-state index contributed by atoms with van der Waals surface area (Å²) in [5, 5.41) is 9.02. The molecule has 0 radical (unpaired) electrons. The van der Waals surface area contributed by atoms with Gasteiger partial charge in [0.2, 0.25) is 0 Å². The lowest BCUT2D eigenvalue weighted by molar-refractivity contribution is -0.0304. The smallest absolute Gasteiger partial charge is 0.330 e. The van der Waals surface area contributed by atoms with Gasteiger partial charge in [0.05, 0.1) is 18.6 Å². The summed E-state index contributed by atoms with van der Waals surface area (Å²) in [6.45, 7) is -0.146. The molecule has 2 N–H and O–H groups in total. The maximum absolute atomic E-state index is 11.6. The van der Waals surface area contributed by atoms with E-state index < -0.39 is 17.5 Å². The van der Waals surface area contributed by atoms with Crippen molar-refractivity contribution >= 4 is 0 Å². The highest BCUT2D eigenvalue weighted by Crippen LogP contribution is 2.32. The third-order valence-electron chi connectivity index (χ3n) is 2.74. The Balaban J connectivity index is 2.36. The van der Waals surface area contributed by atoms with Crippen molar-refractivity contribution in [1.82, 2.24) is 9.55 Å². The van der Waals surface area contributed by atoms with Crippen molar-refractivity contribution in [2.24, 2.45) is 5.92 Å². The minimum absolute atomic E-state index is 0.146. The predicted octanol–water partition coefficient (Wildman–Crippen LogP) is -0.934. The van der Waals surface area contributed by atoms with E-state index in [1.807, 2.05) is 0 Å². The van der Waals surface area contributed by atoms with E-state index in [-0.39, 0.29) is 18.6 Å². The van der Waals surface area contributed by atoms with Crippen molar-refractivity contribution < 1.29 is 9.84 Å². The summed E-state index contributed by atoms with van der Waals surface area (Å²) in [5.41, 5.74) is -1.04. The molecule has 2 rings (SSSR count). The molecular weight excluding hydrogens is 224 g/mol. The minimum atomic E-state index is -0.638. The first kappa shape index (κ1) is 11.6. The average Bonchev–Trinajstić information content (AvgIpc) is 2.72. The van der Waals surface area contributed by atoms with Gasteiger partial charge >= 0.3 is 5.69 Å². The third-order valence-corrected chi connectivity index (χ3v) is 2.74. The molecule has 2 heterocycles. The summed E-state index contributed by atoms with van der Waals surface area (Å²) in [4.78, 5) is 24.7. The number of aromatic nitrogens is 2. The largest absolute Gasteiger partial charge is 0.394 e. The summed E-state index contributed by atoms with van der Waals surface area (Å²) in [5.74, 6) is 2.24. The van der Waals surface area contributed by atoms with Gasteiger partial charge in [0.1, 0.15) is 0 Å². The van der Waals surface area contributed by atoms with Gasteiger partial charge < -0.3 is 9.84 Å². The van der Waals surface area contributed by atoms with Gasteiger partial charge in [-0.05, 0) is 6.42 Å². The summed E-state index contributed by atoms with van der Waals surface area (Å²) < 4.78 is 6.71. The summed E-state index contributed by atoms with van der Waals surface area (Å²) >= 11 is 0. The van der Waals surface area contributed by atoms with E-state index >= 15 is 0 Å². The maximum Gasteiger partial charge on any atom is 0.330 e. The molecule has 0 amide bonds. The Labute approximate surface area is 96.9 Å². The first-order valence-electron chi connectivity index (χ1n) is 5.19. The summed E-state index contributed by atoms with van der Waals surface area (Å²) in [6.07, 6.45) is 6.18. The van der Waals surface area contributed by atoms with Gasteiger partial charge in [-0.1, -0.05) is 5.92 Å². The van der Waals surface area contributed by atoms with E-state index in [1.54, 1.807) is 0 Å². The molecule has 0 aliphatic carbocycles. The maximum atomic E-state index is 11.6. The fraction of sp³-hybridized carbons (Fsp3) is 0.455. The minimum Gasteiger partial charge on any atom is -0.394 e. The molecule has 1 fully saturated rings. The SMILES string of the molecule is C#C[C@H]1CC(CO)OC1n1ccc(=O)[nH]c1=O. The molecule has 1 aliphatic heterocycles. The molecule has 3 atom stereocenters. The number of H-pyrrole nitrogens is 1. The van der Waals surface area contributed by atoms with Gasteiger partial charge in [-0.3, -0.25) is 14.3 Å². The second-order valence-corrected chi connectivity index (χ2v) is 3.86. The van der Waals surface area contributed by atoms with E-state index in [0.29, 0.717) is 6.42 Å². The highest BCUT2D eigenvalue weighted by Gasteiger charge is 2.35. The second kappa shape index (κ2) is 4.57. The Morgan fingerprint density at radius 1 is 1.65 bits per heavy atom. The molecular formula is C11H12N2O4. The Bertz CT molecular complexity index is 554. The monoisotopic (exact) mass is 236 g/mol. The Morgan fingerprint density at radius 2 is 2.41 bits per heavy atom. The van der Waals surface area contributed by atoms with Crippen LogP contribution in [0.3, 0.4) is 0 Å². The zero-order valence-corrected chi connectivity index (χ0v) is 9.00. The fourth-order valence-electron chi connectivity index (χ4n) is 1.90. The number of hydrogen-bond donors (Lipinski definition) is 2. The molecule has 1 saturated heterocycles. The van der Waals surface area contributed by atoms with Crippen LogP contribution in [0.15, 0.2) is 21.9 Å². The third kappa shape index (κ3) is 2.16. The molecule has 1 aromatic heterocycles. The molecule has 2 unspecified atom stereocenters. The van der Waals surface area contributed by atoms with E-state index in [2.05, 4.69) is 10.9 Å². The number of aliphatic hydroxyl groups excluding tert-OH is 1. The van der Waals surface area contributed by atoms with Crippen LogP contribution in [0.1, 0.15) is 12.6 Å². The zero-order chi connectivity index (χ0) is 12.4. The topological polar surface area (TPSA) is 84.3 Å². The molecule has 1 aromatic rings. The van der Waals surface area contributed by atoms with Gasteiger partial charge in [0.25, 0.3) is 5.56 Å². The molecule has 0 aromatic carbocycles. The molecule has 90 valence electrons. The molecule has 1 aliphatic rings. The molecule has 6 nitrogen and oxygen atoms in total. The van der Waals surface area contributed by atoms with Crippen molar-refractivity contribution in [2.45, 2.75) is 18.8 Å². The number of hydrogen-bond acceptors (Lipinski definition) is 4.